The molecule has 0 aromatic heterocycles. The van der Waals surface area contributed by atoms with Crippen molar-refractivity contribution in [3.63, 3.8) is 0 Å². The van der Waals surface area contributed by atoms with Crippen molar-refractivity contribution in [2.24, 2.45) is 0 Å². The summed E-state index contributed by atoms with van der Waals surface area (Å²) < 4.78 is 0. The fraction of sp³-hybridized carbons (Fsp3) is 0.200. The Labute approximate surface area is 77.3 Å². The molecule has 0 aliphatic carbocycles. The molecule has 0 saturated heterocycles. The van der Waals surface area contributed by atoms with Crippen LogP contribution in [0.3, 0.4) is 0 Å². The summed E-state index contributed by atoms with van der Waals surface area (Å²) in [5.74, 6) is 0. The first kappa shape index (κ1) is 9.30. The van der Waals surface area contributed by atoms with Gasteiger partial charge in [0.1, 0.15) is 0 Å². The van der Waals surface area contributed by atoms with Crippen molar-refractivity contribution in [3.05, 3.63) is 47.0 Å². The number of aryl methyl sites for hydroxylation is 1. The molecule has 0 aliphatic heterocycles. The van der Waals surface area contributed by atoms with Gasteiger partial charge in [-0.15, -0.1) is 6.58 Å². The molecule has 12 heavy (non-hydrogen) atoms. The summed E-state index contributed by atoms with van der Waals surface area (Å²) in [6.07, 6.45) is 0.851. The van der Waals surface area contributed by atoms with Gasteiger partial charge in [-0.1, -0.05) is 29.8 Å². The smallest absolute Gasteiger partial charge is 0.0969 e. The predicted molar refractivity (Wildman–Crippen MR) is 51.3 cm³/mol. The van der Waals surface area contributed by atoms with Gasteiger partial charge in [0.15, 0.2) is 0 Å². The van der Waals surface area contributed by atoms with Gasteiger partial charge in [0.05, 0.1) is 6.10 Å². The lowest BCUT2D eigenvalue weighted by molar-refractivity contribution is 0.229. The Morgan fingerprint density at radius 2 is 2.25 bits per heavy atom. The van der Waals surface area contributed by atoms with E-state index in [1.807, 2.05) is 19.1 Å². The van der Waals surface area contributed by atoms with Gasteiger partial charge in [0.25, 0.3) is 0 Å². The van der Waals surface area contributed by atoms with Crippen LogP contribution in [-0.4, -0.2) is 5.11 Å². The first-order valence-electron chi connectivity index (χ1n) is 3.72. The monoisotopic (exact) mass is 182 g/mol. The Kier molecular flexibility index (Phi) is 2.90. The quantitative estimate of drug-likeness (QED) is 0.698. The van der Waals surface area contributed by atoms with E-state index < -0.39 is 6.10 Å². The molecule has 0 heterocycles. The molecule has 1 aromatic rings. The largest absolute Gasteiger partial charge is 0.384 e. The number of hydrogen-bond donors (Lipinski definition) is 1. The van der Waals surface area contributed by atoms with E-state index in [9.17, 15) is 5.11 Å². The Morgan fingerprint density at radius 3 is 2.75 bits per heavy atom. The van der Waals surface area contributed by atoms with Crippen LogP contribution in [0.4, 0.5) is 0 Å². The summed E-state index contributed by atoms with van der Waals surface area (Å²) in [5.41, 5.74) is 1.79. The molecule has 1 nitrogen and oxygen atoms in total. The zero-order chi connectivity index (χ0) is 9.14. The Balaban J connectivity index is 3.04. The maximum Gasteiger partial charge on any atom is 0.0969 e. The van der Waals surface area contributed by atoms with Crippen LogP contribution in [0, 0.1) is 6.92 Å². The van der Waals surface area contributed by atoms with Gasteiger partial charge < -0.3 is 5.11 Å². The topological polar surface area (TPSA) is 20.2 Å². The normalized spacial score (nSPS) is 12.6. The summed E-state index contributed by atoms with van der Waals surface area (Å²) in [6, 6.07) is 5.47. The van der Waals surface area contributed by atoms with Gasteiger partial charge in [-0.05, 0) is 24.1 Å². The molecule has 0 radical (unpaired) electrons. The maximum atomic E-state index is 9.37. The highest BCUT2D eigenvalue weighted by Gasteiger charge is 2.03. The van der Waals surface area contributed by atoms with Crippen LogP contribution in [0.1, 0.15) is 17.2 Å². The molecule has 0 bridgehead atoms. The first-order chi connectivity index (χ1) is 5.65. The van der Waals surface area contributed by atoms with Crippen LogP contribution in [0.15, 0.2) is 30.9 Å². The number of hydrogen-bond acceptors (Lipinski definition) is 1. The Bertz CT molecular complexity index is 294. The minimum atomic E-state index is -0.622. The third kappa shape index (κ3) is 1.87. The zero-order valence-electron chi connectivity index (χ0n) is 6.92. The second-order valence-electron chi connectivity index (χ2n) is 2.69. The van der Waals surface area contributed by atoms with Crippen LogP contribution in [-0.2, 0) is 0 Å². The van der Waals surface area contributed by atoms with Crippen molar-refractivity contribution in [1.82, 2.24) is 0 Å². The lowest BCUT2D eigenvalue weighted by atomic mass is 10.1. The summed E-state index contributed by atoms with van der Waals surface area (Å²) in [5, 5.41) is 10.0. The van der Waals surface area contributed by atoms with Crippen molar-refractivity contribution in [1.29, 1.82) is 0 Å². The van der Waals surface area contributed by atoms with Crippen molar-refractivity contribution < 1.29 is 5.11 Å². The summed E-state index contributed by atoms with van der Waals surface area (Å²) >= 11 is 5.87. The van der Waals surface area contributed by atoms with Gasteiger partial charge in [0.2, 0.25) is 0 Å². The molecule has 1 N–H and O–H groups in total. The van der Waals surface area contributed by atoms with Gasteiger partial charge >= 0.3 is 0 Å². The second-order valence-corrected chi connectivity index (χ2v) is 3.10. The molecule has 2 heteroatoms. The van der Waals surface area contributed by atoms with Crippen LogP contribution < -0.4 is 0 Å². The minimum Gasteiger partial charge on any atom is -0.384 e. The SMILES string of the molecule is C=CC(O)c1ccc(C)c(Cl)c1. The van der Waals surface area contributed by atoms with Crippen LogP contribution in [0.5, 0.6) is 0 Å². The second kappa shape index (κ2) is 3.74. The Morgan fingerprint density at radius 1 is 1.58 bits per heavy atom. The fourth-order valence-electron chi connectivity index (χ4n) is 0.929. The predicted octanol–water partition coefficient (Wildman–Crippen LogP) is 2.87. The van der Waals surface area contributed by atoms with Crippen molar-refractivity contribution in [3.8, 4) is 0 Å². The molecule has 0 amide bonds. The number of aliphatic hydroxyl groups excluding tert-OH is 1. The van der Waals surface area contributed by atoms with Crippen LogP contribution in [0.2, 0.25) is 5.02 Å². The van der Waals surface area contributed by atoms with Crippen LogP contribution >= 0.6 is 11.6 Å². The van der Waals surface area contributed by atoms with E-state index in [-0.39, 0.29) is 0 Å². The third-order valence-electron chi connectivity index (χ3n) is 1.76. The van der Waals surface area contributed by atoms with Gasteiger partial charge in [-0.2, -0.15) is 0 Å². The van der Waals surface area contributed by atoms with Gasteiger partial charge in [-0.25, -0.2) is 0 Å². The van der Waals surface area contributed by atoms with E-state index in [0.29, 0.717) is 5.02 Å². The summed E-state index contributed by atoms with van der Waals surface area (Å²) in [7, 11) is 0. The van der Waals surface area contributed by atoms with E-state index >= 15 is 0 Å². The minimum absolute atomic E-state index is 0.622. The number of benzene rings is 1. The molecule has 0 fully saturated rings. The molecule has 0 spiro atoms. The van der Waals surface area contributed by atoms with Crippen molar-refractivity contribution in [2.45, 2.75) is 13.0 Å². The highest BCUT2D eigenvalue weighted by Crippen LogP contribution is 2.21. The standard InChI is InChI=1S/C10H11ClO/c1-3-10(12)8-5-4-7(2)9(11)6-8/h3-6,10,12H,1H2,2H3. The number of rotatable bonds is 2. The van der Waals surface area contributed by atoms with E-state index in [1.165, 1.54) is 6.08 Å². The maximum absolute atomic E-state index is 9.37. The molecular formula is C10H11ClO. The lowest BCUT2D eigenvalue weighted by Gasteiger charge is -2.06. The van der Waals surface area contributed by atoms with E-state index in [2.05, 4.69) is 6.58 Å². The average Bonchev–Trinajstić information content (AvgIpc) is 2.08. The average molecular weight is 183 g/mol. The highest BCUT2D eigenvalue weighted by molar-refractivity contribution is 6.31. The Hall–Kier alpha value is -0.790. The summed E-state index contributed by atoms with van der Waals surface area (Å²) in [6.45, 7) is 5.42. The zero-order valence-corrected chi connectivity index (χ0v) is 7.67. The number of halogens is 1. The van der Waals surface area contributed by atoms with Gasteiger partial charge in [-0.3, -0.25) is 0 Å². The molecule has 1 unspecified atom stereocenters. The van der Waals surface area contributed by atoms with E-state index in [4.69, 9.17) is 11.6 Å². The molecule has 1 atom stereocenters. The van der Waals surface area contributed by atoms with Gasteiger partial charge in [0, 0.05) is 5.02 Å². The summed E-state index contributed by atoms with van der Waals surface area (Å²) in [4.78, 5) is 0. The number of aliphatic hydroxyl groups is 1. The molecule has 1 aromatic carbocycles. The molecule has 0 aliphatic rings. The lowest BCUT2D eigenvalue weighted by Crippen LogP contribution is -1.92. The van der Waals surface area contributed by atoms with Crippen molar-refractivity contribution in [2.75, 3.05) is 0 Å². The molecule has 64 valence electrons. The molecular weight excluding hydrogens is 172 g/mol. The molecule has 0 saturated carbocycles. The first-order valence-corrected chi connectivity index (χ1v) is 4.09. The highest BCUT2D eigenvalue weighted by atomic mass is 35.5. The van der Waals surface area contributed by atoms with Crippen molar-refractivity contribution >= 4 is 11.6 Å². The molecule has 1 rings (SSSR count). The van der Waals surface area contributed by atoms with E-state index in [0.717, 1.165) is 11.1 Å². The fourth-order valence-corrected chi connectivity index (χ4v) is 1.12. The van der Waals surface area contributed by atoms with Crippen LogP contribution in [0.25, 0.3) is 0 Å². The van der Waals surface area contributed by atoms with E-state index in [1.54, 1.807) is 6.07 Å². The third-order valence-corrected chi connectivity index (χ3v) is 2.17.